The lowest BCUT2D eigenvalue weighted by molar-refractivity contribution is -0.117. The Morgan fingerprint density at radius 2 is 1.79 bits per heavy atom. The van der Waals surface area contributed by atoms with E-state index < -0.39 is 10.0 Å². The number of halogens is 1. The molecule has 0 radical (unpaired) electrons. The molecular formula is C17H21ClN2O3S. The predicted octanol–water partition coefficient (Wildman–Crippen LogP) is 2.42. The van der Waals surface area contributed by atoms with E-state index in [9.17, 15) is 13.2 Å². The first kappa shape index (κ1) is 17.5. The highest BCUT2D eigenvalue weighted by molar-refractivity contribution is 7.88. The number of sulfonamides is 1. The van der Waals surface area contributed by atoms with Crippen LogP contribution in [0.25, 0.3) is 6.08 Å². The molecule has 2 unspecified atom stereocenters. The quantitative estimate of drug-likeness (QED) is 0.830. The highest BCUT2D eigenvalue weighted by Gasteiger charge is 2.45. The summed E-state index contributed by atoms with van der Waals surface area (Å²) in [6.07, 6.45) is 7.65. The SMILES string of the molecule is CS(=O)(=O)N1C2CCC1CC(NC(=O)/C=C/c1ccc(Cl)cc1)C2. The molecule has 2 atom stereocenters. The second kappa shape index (κ2) is 6.86. The van der Waals surface area contributed by atoms with Crippen molar-refractivity contribution in [2.75, 3.05) is 6.26 Å². The van der Waals surface area contributed by atoms with Crippen LogP contribution in [0, 0.1) is 0 Å². The fourth-order valence-corrected chi connectivity index (χ4v) is 5.38. The number of carbonyl (C=O) groups is 1. The van der Waals surface area contributed by atoms with Crippen molar-refractivity contribution in [3.8, 4) is 0 Å². The van der Waals surface area contributed by atoms with Crippen molar-refractivity contribution >= 4 is 33.6 Å². The highest BCUT2D eigenvalue weighted by Crippen LogP contribution is 2.37. The van der Waals surface area contributed by atoms with Gasteiger partial charge in [0.15, 0.2) is 0 Å². The summed E-state index contributed by atoms with van der Waals surface area (Å²) in [5.74, 6) is -0.151. The van der Waals surface area contributed by atoms with Crippen molar-refractivity contribution in [1.29, 1.82) is 0 Å². The first-order chi connectivity index (χ1) is 11.3. The zero-order chi connectivity index (χ0) is 17.3. The highest BCUT2D eigenvalue weighted by atomic mass is 35.5. The molecule has 2 fully saturated rings. The number of hydrogen-bond donors (Lipinski definition) is 1. The Labute approximate surface area is 147 Å². The van der Waals surface area contributed by atoms with Gasteiger partial charge in [-0.1, -0.05) is 23.7 Å². The molecule has 1 N–H and O–H groups in total. The fraction of sp³-hybridized carbons (Fsp3) is 0.471. The van der Waals surface area contributed by atoms with E-state index in [0.29, 0.717) is 17.9 Å². The van der Waals surface area contributed by atoms with Gasteiger partial charge in [0.25, 0.3) is 0 Å². The van der Waals surface area contributed by atoms with Gasteiger partial charge in [0.2, 0.25) is 15.9 Å². The Balaban J connectivity index is 1.58. The Bertz CT molecular complexity index is 732. The summed E-state index contributed by atoms with van der Waals surface area (Å²) in [6.45, 7) is 0. The van der Waals surface area contributed by atoms with Crippen LogP contribution in [0.2, 0.25) is 5.02 Å². The van der Waals surface area contributed by atoms with Gasteiger partial charge in [-0.3, -0.25) is 4.79 Å². The summed E-state index contributed by atoms with van der Waals surface area (Å²) < 4.78 is 25.4. The molecule has 130 valence electrons. The van der Waals surface area contributed by atoms with Crippen LogP contribution in [0.3, 0.4) is 0 Å². The number of amides is 1. The van der Waals surface area contributed by atoms with E-state index >= 15 is 0 Å². The molecule has 0 aromatic heterocycles. The lowest BCUT2D eigenvalue weighted by atomic mass is 10.00. The van der Waals surface area contributed by atoms with Crippen LogP contribution >= 0.6 is 11.6 Å². The summed E-state index contributed by atoms with van der Waals surface area (Å²) in [5, 5.41) is 3.66. The summed E-state index contributed by atoms with van der Waals surface area (Å²) in [4.78, 5) is 12.1. The second-order valence-corrected chi connectivity index (χ2v) is 8.86. The van der Waals surface area contributed by atoms with Crippen LogP contribution in [0.1, 0.15) is 31.2 Å². The second-order valence-electron chi connectivity index (χ2n) is 6.54. The number of piperidine rings is 1. The maximum atomic E-state index is 12.1. The Morgan fingerprint density at radius 1 is 1.21 bits per heavy atom. The minimum absolute atomic E-state index is 0.0179. The number of hydrogen-bond acceptors (Lipinski definition) is 3. The summed E-state index contributed by atoms with van der Waals surface area (Å²) in [6, 6.07) is 7.31. The number of carbonyl (C=O) groups excluding carboxylic acids is 1. The minimum atomic E-state index is -3.17. The number of nitrogens with zero attached hydrogens (tertiary/aromatic N) is 1. The van der Waals surface area contributed by atoms with Crippen molar-refractivity contribution in [3.05, 3.63) is 40.9 Å². The monoisotopic (exact) mass is 368 g/mol. The van der Waals surface area contributed by atoms with Crippen molar-refractivity contribution < 1.29 is 13.2 Å². The number of fused-ring (bicyclic) bond motifs is 2. The normalized spacial score (nSPS) is 27.5. The topological polar surface area (TPSA) is 66.5 Å². The molecule has 2 aliphatic rings. The molecule has 3 rings (SSSR count). The van der Waals surface area contributed by atoms with Crippen molar-refractivity contribution in [2.24, 2.45) is 0 Å². The van der Waals surface area contributed by atoms with E-state index in [1.165, 1.54) is 12.3 Å². The van der Waals surface area contributed by atoms with Gasteiger partial charge < -0.3 is 5.32 Å². The predicted molar refractivity (Wildman–Crippen MR) is 95.1 cm³/mol. The smallest absolute Gasteiger partial charge is 0.244 e. The van der Waals surface area contributed by atoms with E-state index in [0.717, 1.165) is 18.4 Å². The molecule has 2 saturated heterocycles. The first-order valence-corrected chi connectivity index (χ1v) is 10.3. The summed E-state index contributed by atoms with van der Waals surface area (Å²) in [5.41, 5.74) is 0.904. The standard InChI is InChI=1S/C17H21ClN2O3S/c1-24(22,23)20-15-7-8-16(20)11-14(10-15)19-17(21)9-4-12-2-5-13(18)6-3-12/h2-6,9,14-16H,7-8,10-11H2,1H3,(H,19,21)/b9-4+. The molecule has 1 aromatic carbocycles. The maximum absolute atomic E-state index is 12.1. The molecule has 1 amide bonds. The fourth-order valence-electron chi connectivity index (χ4n) is 3.79. The van der Waals surface area contributed by atoms with E-state index in [1.807, 2.05) is 12.1 Å². The third-order valence-corrected chi connectivity index (χ3v) is 6.31. The van der Waals surface area contributed by atoms with Crippen molar-refractivity contribution in [3.63, 3.8) is 0 Å². The van der Waals surface area contributed by atoms with Gasteiger partial charge >= 0.3 is 0 Å². The zero-order valence-corrected chi connectivity index (χ0v) is 15.1. The molecular weight excluding hydrogens is 348 g/mol. The molecule has 7 heteroatoms. The van der Waals surface area contributed by atoms with E-state index in [2.05, 4.69) is 5.32 Å². The molecule has 24 heavy (non-hydrogen) atoms. The average Bonchev–Trinajstić information content (AvgIpc) is 2.79. The van der Waals surface area contributed by atoms with Gasteiger partial charge in [0, 0.05) is 29.2 Å². The van der Waals surface area contributed by atoms with Gasteiger partial charge in [0.05, 0.1) is 6.26 Å². The van der Waals surface area contributed by atoms with Gasteiger partial charge in [-0.15, -0.1) is 0 Å². The van der Waals surface area contributed by atoms with Crippen LogP contribution in [0.5, 0.6) is 0 Å². The molecule has 1 aromatic rings. The van der Waals surface area contributed by atoms with Crippen LogP contribution in [0.15, 0.2) is 30.3 Å². The first-order valence-electron chi connectivity index (χ1n) is 8.05. The van der Waals surface area contributed by atoms with E-state index in [1.54, 1.807) is 22.5 Å². The third kappa shape index (κ3) is 3.99. The van der Waals surface area contributed by atoms with Gasteiger partial charge in [-0.05, 0) is 49.5 Å². The Hall–Kier alpha value is -1.37. The Morgan fingerprint density at radius 3 is 2.33 bits per heavy atom. The lowest BCUT2D eigenvalue weighted by Crippen LogP contribution is -2.51. The molecule has 0 saturated carbocycles. The number of benzene rings is 1. The number of nitrogens with one attached hydrogen (secondary N) is 1. The third-order valence-electron chi connectivity index (χ3n) is 4.69. The van der Waals surface area contributed by atoms with E-state index in [4.69, 9.17) is 11.6 Å². The summed E-state index contributed by atoms with van der Waals surface area (Å²) in [7, 11) is -3.17. The maximum Gasteiger partial charge on any atom is 0.244 e. The van der Waals surface area contributed by atoms with Gasteiger partial charge in [0.1, 0.15) is 0 Å². The molecule has 2 aliphatic heterocycles. The molecule has 5 nitrogen and oxygen atoms in total. The summed E-state index contributed by atoms with van der Waals surface area (Å²) >= 11 is 5.83. The minimum Gasteiger partial charge on any atom is -0.350 e. The average molecular weight is 369 g/mol. The van der Waals surface area contributed by atoms with Crippen LogP contribution < -0.4 is 5.32 Å². The van der Waals surface area contributed by atoms with E-state index in [-0.39, 0.29) is 24.0 Å². The Kier molecular flexibility index (Phi) is 4.99. The van der Waals surface area contributed by atoms with Crippen molar-refractivity contribution in [1.82, 2.24) is 9.62 Å². The van der Waals surface area contributed by atoms with Crippen molar-refractivity contribution in [2.45, 2.75) is 43.8 Å². The van der Waals surface area contributed by atoms with Gasteiger partial charge in [-0.2, -0.15) is 4.31 Å². The largest absolute Gasteiger partial charge is 0.350 e. The molecule has 2 bridgehead atoms. The van der Waals surface area contributed by atoms with Crippen LogP contribution in [-0.4, -0.2) is 43.0 Å². The molecule has 2 heterocycles. The van der Waals surface area contributed by atoms with Gasteiger partial charge in [-0.25, -0.2) is 8.42 Å². The van der Waals surface area contributed by atoms with Crippen LogP contribution in [0.4, 0.5) is 0 Å². The lowest BCUT2D eigenvalue weighted by Gasteiger charge is -2.37. The van der Waals surface area contributed by atoms with Crippen LogP contribution in [-0.2, 0) is 14.8 Å². The zero-order valence-electron chi connectivity index (χ0n) is 13.5. The molecule has 0 spiro atoms. The molecule has 0 aliphatic carbocycles. The number of rotatable bonds is 4.